The van der Waals surface area contributed by atoms with Gasteiger partial charge in [0.05, 0.1) is 5.37 Å². The molecule has 0 saturated carbocycles. The number of carbonyl (C=O) groups is 1. The van der Waals surface area contributed by atoms with Crippen LogP contribution in [0.25, 0.3) is 0 Å². The molecule has 1 saturated heterocycles. The molecule has 6 nitrogen and oxygen atoms in total. The van der Waals surface area contributed by atoms with Gasteiger partial charge in [0.15, 0.2) is 0 Å². The minimum atomic E-state index is -3.73. The molecule has 0 aromatic carbocycles. The fourth-order valence-electron chi connectivity index (χ4n) is 1.75. The summed E-state index contributed by atoms with van der Waals surface area (Å²) in [4.78, 5) is 11.2. The van der Waals surface area contributed by atoms with Gasteiger partial charge in [-0.3, -0.25) is 4.79 Å². The molecule has 1 aliphatic heterocycles. The van der Waals surface area contributed by atoms with Crippen molar-refractivity contribution in [1.82, 2.24) is 8.61 Å². The van der Waals surface area contributed by atoms with Gasteiger partial charge in [-0.25, -0.2) is 0 Å². The smallest absolute Gasteiger partial charge is 0.322 e. The highest BCUT2D eigenvalue weighted by Gasteiger charge is 2.46. The van der Waals surface area contributed by atoms with Crippen molar-refractivity contribution in [3.8, 4) is 0 Å². The lowest BCUT2D eigenvalue weighted by molar-refractivity contribution is -0.140. The van der Waals surface area contributed by atoms with Crippen molar-refractivity contribution >= 4 is 27.9 Å². The third-order valence-electron chi connectivity index (χ3n) is 3.03. The average molecular weight is 296 g/mol. The Labute approximate surface area is 113 Å². The molecule has 0 spiro atoms. The Hall–Kier alpha value is -0.310. The number of nitrogens with zero attached hydrogens (tertiary/aromatic N) is 2. The summed E-state index contributed by atoms with van der Waals surface area (Å²) in [6, 6.07) is -1.17. The maximum absolute atomic E-state index is 12.4. The van der Waals surface area contributed by atoms with Crippen LogP contribution in [-0.4, -0.2) is 58.4 Å². The predicted molar refractivity (Wildman–Crippen MR) is 71.6 cm³/mol. The molecule has 8 heteroatoms. The zero-order valence-corrected chi connectivity index (χ0v) is 12.7. The zero-order valence-electron chi connectivity index (χ0n) is 11.0. The Kier molecular flexibility index (Phi) is 5.05. The normalized spacial score (nSPS) is 26.1. The van der Waals surface area contributed by atoms with Crippen molar-refractivity contribution in [1.29, 1.82) is 0 Å². The average Bonchev–Trinajstić information content (AvgIpc) is 2.71. The summed E-state index contributed by atoms with van der Waals surface area (Å²) in [5, 5.41) is 8.85. The number of thioether (sulfide) groups is 1. The summed E-state index contributed by atoms with van der Waals surface area (Å²) in [6.45, 7) is 5.38. The molecule has 1 heterocycles. The number of hydrogen-bond donors (Lipinski definition) is 1. The quantitative estimate of drug-likeness (QED) is 0.812. The molecule has 0 aromatic rings. The summed E-state index contributed by atoms with van der Waals surface area (Å²) < 4.78 is 27.2. The van der Waals surface area contributed by atoms with Gasteiger partial charge < -0.3 is 5.11 Å². The summed E-state index contributed by atoms with van der Waals surface area (Å²) >= 11 is 1.38. The summed E-state index contributed by atoms with van der Waals surface area (Å²) in [5.74, 6) is -0.780. The molecule has 0 amide bonds. The third kappa shape index (κ3) is 2.81. The number of rotatable bonds is 5. The number of carboxylic acid groups (broad SMARTS) is 1. The van der Waals surface area contributed by atoms with E-state index in [1.165, 1.54) is 23.1 Å². The van der Waals surface area contributed by atoms with E-state index >= 15 is 0 Å². The van der Waals surface area contributed by atoms with Crippen LogP contribution < -0.4 is 0 Å². The molecule has 1 rings (SSSR count). The second-order valence-corrected chi connectivity index (χ2v) is 7.60. The van der Waals surface area contributed by atoms with Gasteiger partial charge in [0.1, 0.15) is 6.04 Å². The highest BCUT2D eigenvalue weighted by molar-refractivity contribution is 8.01. The first-order valence-electron chi connectivity index (χ1n) is 5.84. The SMILES string of the molecule is CCC1SCC(C(=O)O)N1S(=O)(=O)N(C)C(C)C. The van der Waals surface area contributed by atoms with Gasteiger partial charge in [-0.05, 0) is 20.3 Å². The van der Waals surface area contributed by atoms with Gasteiger partial charge >= 0.3 is 5.97 Å². The Morgan fingerprint density at radius 3 is 2.50 bits per heavy atom. The fourth-order valence-corrected chi connectivity index (χ4v) is 5.36. The molecule has 0 bridgehead atoms. The lowest BCUT2D eigenvalue weighted by atomic mass is 10.3. The molecule has 1 N–H and O–H groups in total. The zero-order chi connectivity index (χ0) is 14.1. The predicted octanol–water partition coefficient (Wildman–Crippen LogP) is 0.810. The maximum Gasteiger partial charge on any atom is 0.322 e. The Bertz CT molecular complexity index is 410. The largest absolute Gasteiger partial charge is 0.480 e. The van der Waals surface area contributed by atoms with E-state index < -0.39 is 22.2 Å². The van der Waals surface area contributed by atoms with Gasteiger partial charge in [0.25, 0.3) is 10.2 Å². The van der Waals surface area contributed by atoms with Crippen LogP contribution in [0.5, 0.6) is 0 Å². The minimum absolute atomic E-state index is 0.201. The summed E-state index contributed by atoms with van der Waals surface area (Å²) in [7, 11) is -2.25. The molecule has 0 radical (unpaired) electrons. The standard InChI is InChI=1S/C10H20N2O4S2/c1-5-9-12(8(6-17-9)10(13)14)18(15,16)11(4)7(2)3/h7-9H,5-6H2,1-4H3,(H,13,14). The van der Waals surface area contributed by atoms with Crippen molar-refractivity contribution in [3.63, 3.8) is 0 Å². The van der Waals surface area contributed by atoms with Crippen molar-refractivity contribution < 1.29 is 18.3 Å². The van der Waals surface area contributed by atoms with Crippen molar-refractivity contribution in [3.05, 3.63) is 0 Å². The van der Waals surface area contributed by atoms with Gasteiger partial charge in [-0.15, -0.1) is 11.8 Å². The van der Waals surface area contributed by atoms with Crippen LogP contribution in [0, 0.1) is 0 Å². The highest BCUT2D eigenvalue weighted by atomic mass is 32.2. The van der Waals surface area contributed by atoms with Gasteiger partial charge in [0.2, 0.25) is 0 Å². The van der Waals surface area contributed by atoms with Crippen molar-refractivity contribution in [2.45, 2.75) is 44.6 Å². The second-order valence-electron chi connectivity index (χ2n) is 4.50. The van der Waals surface area contributed by atoms with Gasteiger partial charge in [0, 0.05) is 18.8 Å². The molecule has 1 fully saturated rings. The number of aliphatic carboxylic acids is 1. The minimum Gasteiger partial charge on any atom is -0.480 e. The molecule has 0 aliphatic carbocycles. The van der Waals surface area contributed by atoms with Crippen LogP contribution in [0.1, 0.15) is 27.2 Å². The van der Waals surface area contributed by atoms with Crippen molar-refractivity contribution in [2.75, 3.05) is 12.8 Å². The number of carboxylic acids is 1. The fraction of sp³-hybridized carbons (Fsp3) is 0.900. The van der Waals surface area contributed by atoms with Gasteiger partial charge in [-0.1, -0.05) is 6.92 Å². The Morgan fingerprint density at radius 1 is 1.56 bits per heavy atom. The van der Waals surface area contributed by atoms with Crippen LogP contribution in [0.2, 0.25) is 0 Å². The topological polar surface area (TPSA) is 77.9 Å². The lowest BCUT2D eigenvalue weighted by Gasteiger charge is -2.31. The number of hydrogen-bond acceptors (Lipinski definition) is 4. The molecule has 2 atom stereocenters. The van der Waals surface area contributed by atoms with E-state index in [2.05, 4.69) is 0 Å². The molecule has 2 unspecified atom stereocenters. The molecule has 18 heavy (non-hydrogen) atoms. The van der Waals surface area contributed by atoms with E-state index in [-0.39, 0.29) is 11.4 Å². The van der Waals surface area contributed by atoms with Crippen LogP contribution in [0.4, 0.5) is 0 Å². The van der Waals surface area contributed by atoms with E-state index in [1.54, 1.807) is 13.8 Å². The van der Waals surface area contributed by atoms with E-state index in [0.717, 1.165) is 4.31 Å². The van der Waals surface area contributed by atoms with Crippen LogP contribution in [0.3, 0.4) is 0 Å². The summed E-state index contributed by atoms with van der Waals surface area (Å²) in [6.07, 6.45) is 0.597. The van der Waals surface area contributed by atoms with Crippen LogP contribution in [-0.2, 0) is 15.0 Å². The molecule has 0 aromatic heterocycles. The van der Waals surface area contributed by atoms with Crippen LogP contribution in [0.15, 0.2) is 0 Å². The lowest BCUT2D eigenvalue weighted by Crippen LogP contribution is -2.52. The first-order valence-corrected chi connectivity index (χ1v) is 8.29. The first kappa shape index (κ1) is 15.7. The monoisotopic (exact) mass is 296 g/mol. The van der Waals surface area contributed by atoms with E-state index in [1.807, 2.05) is 6.92 Å². The Morgan fingerprint density at radius 2 is 2.11 bits per heavy atom. The van der Waals surface area contributed by atoms with Gasteiger partial charge in [-0.2, -0.15) is 17.0 Å². The molecule has 1 aliphatic rings. The van der Waals surface area contributed by atoms with E-state index in [0.29, 0.717) is 12.2 Å². The first-order chi connectivity index (χ1) is 8.23. The molecular formula is C10H20N2O4S2. The highest BCUT2D eigenvalue weighted by Crippen LogP contribution is 2.34. The van der Waals surface area contributed by atoms with Crippen LogP contribution >= 0.6 is 11.8 Å². The van der Waals surface area contributed by atoms with Crippen molar-refractivity contribution in [2.24, 2.45) is 0 Å². The molecule has 106 valence electrons. The van der Waals surface area contributed by atoms with E-state index in [4.69, 9.17) is 5.11 Å². The maximum atomic E-state index is 12.4. The van der Waals surface area contributed by atoms with E-state index in [9.17, 15) is 13.2 Å². The summed E-state index contributed by atoms with van der Waals surface area (Å²) in [5.41, 5.74) is 0. The second kappa shape index (κ2) is 5.77. The molecular weight excluding hydrogens is 276 g/mol. The third-order valence-corrected chi connectivity index (χ3v) is 6.81. The Balaban J connectivity index is 3.12.